The van der Waals surface area contributed by atoms with Crippen LogP contribution < -0.4 is 14.8 Å². The van der Waals surface area contributed by atoms with E-state index < -0.39 is 17.7 Å². The van der Waals surface area contributed by atoms with Gasteiger partial charge in [0.1, 0.15) is 5.82 Å². The molecule has 2 atom stereocenters. The molecule has 0 bridgehead atoms. The molecule has 164 valence electrons. The summed E-state index contributed by atoms with van der Waals surface area (Å²) < 4.78 is 30.7. The molecule has 6 nitrogen and oxygen atoms in total. The molecule has 7 heteroatoms. The summed E-state index contributed by atoms with van der Waals surface area (Å²) in [6.07, 6.45) is 0.802. The Labute approximate surface area is 184 Å². The Morgan fingerprint density at radius 1 is 1.12 bits per heavy atom. The third-order valence-electron chi connectivity index (χ3n) is 6.32. The van der Waals surface area contributed by atoms with Gasteiger partial charge in [-0.1, -0.05) is 24.3 Å². The molecule has 0 aromatic heterocycles. The van der Waals surface area contributed by atoms with Gasteiger partial charge in [0.05, 0.1) is 18.6 Å². The lowest BCUT2D eigenvalue weighted by atomic mass is 9.71. The molecule has 3 aliphatic rings. The average molecular weight is 435 g/mol. The second kappa shape index (κ2) is 7.82. The van der Waals surface area contributed by atoms with Crippen LogP contribution in [0.1, 0.15) is 42.7 Å². The summed E-state index contributed by atoms with van der Waals surface area (Å²) in [4.78, 5) is 26.1. The molecular formula is C25H22FNO5. The van der Waals surface area contributed by atoms with Crippen LogP contribution in [0, 0.1) is 5.82 Å². The van der Waals surface area contributed by atoms with Crippen molar-refractivity contribution in [1.82, 2.24) is 5.32 Å². The first-order valence-corrected chi connectivity index (χ1v) is 10.4. The van der Waals surface area contributed by atoms with Crippen LogP contribution in [0.15, 0.2) is 65.0 Å². The highest BCUT2D eigenvalue weighted by Gasteiger charge is 2.42. The number of hydrogen-bond donors (Lipinski definition) is 1. The molecule has 0 radical (unpaired) electrons. The number of nitrogens with one attached hydrogen (secondary N) is 1. The fourth-order valence-corrected chi connectivity index (χ4v) is 4.84. The number of carbonyl (C=O) groups is 2. The number of benzene rings is 2. The molecule has 32 heavy (non-hydrogen) atoms. The maximum Gasteiger partial charge on any atom is 0.336 e. The van der Waals surface area contributed by atoms with Crippen molar-refractivity contribution >= 4 is 11.8 Å². The van der Waals surface area contributed by atoms with Crippen LogP contribution >= 0.6 is 0 Å². The van der Waals surface area contributed by atoms with Gasteiger partial charge in [-0.15, -0.1) is 0 Å². The van der Waals surface area contributed by atoms with Crippen LogP contribution in [0.5, 0.6) is 11.5 Å². The van der Waals surface area contributed by atoms with Gasteiger partial charge in [0.15, 0.2) is 17.3 Å². The number of dihydropyridines is 1. The van der Waals surface area contributed by atoms with Gasteiger partial charge in [0.25, 0.3) is 0 Å². The van der Waals surface area contributed by atoms with E-state index in [1.54, 1.807) is 25.1 Å². The molecule has 2 aromatic rings. The number of Topliss-reactive ketones (excluding diaryl/α,β-unsaturated/α-hetero) is 1. The Kier molecular flexibility index (Phi) is 4.96. The molecule has 0 fully saturated rings. The summed E-state index contributed by atoms with van der Waals surface area (Å²) in [6.45, 7) is 1.93. The molecule has 2 aliphatic heterocycles. The Balaban J connectivity index is 1.58. The van der Waals surface area contributed by atoms with Crippen LogP contribution in [0.3, 0.4) is 0 Å². The van der Waals surface area contributed by atoms with Gasteiger partial charge in [0.2, 0.25) is 6.79 Å². The van der Waals surface area contributed by atoms with E-state index in [9.17, 15) is 14.0 Å². The molecule has 0 saturated heterocycles. The fraction of sp³-hybridized carbons (Fsp3) is 0.280. The SMILES string of the molecule is COC(=O)C1=C(C)NC2=C(C(=O)C[C@@H](c3ccc4c(c3)OCO4)C2)[C@@H]1c1ccccc1F. The zero-order valence-electron chi connectivity index (χ0n) is 17.7. The van der Waals surface area contributed by atoms with E-state index >= 15 is 0 Å². The molecular weight excluding hydrogens is 413 g/mol. The number of ether oxygens (including phenoxy) is 3. The number of carbonyl (C=O) groups excluding carboxylic acids is 2. The maximum atomic E-state index is 14.8. The minimum absolute atomic E-state index is 0.0722. The molecule has 0 spiro atoms. The predicted molar refractivity (Wildman–Crippen MR) is 114 cm³/mol. The number of fused-ring (bicyclic) bond motifs is 1. The smallest absolute Gasteiger partial charge is 0.336 e. The molecule has 1 N–H and O–H groups in total. The molecule has 2 aromatic carbocycles. The first-order chi connectivity index (χ1) is 15.5. The average Bonchev–Trinajstić information content (AvgIpc) is 3.26. The van der Waals surface area contributed by atoms with Crippen LogP contribution in [0.2, 0.25) is 0 Å². The normalized spacial score (nSPS) is 21.9. The largest absolute Gasteiger partial charge is 0.466 e. The van der Waals surface area contributed by atoms with E-state index in [1.165, 1.54) is 13.2 Å². The molecule has 0 unspecified atom stereocenters. The zero-order valence-corrected chi connectivity index (χ0v) is 17.7. The van der Waals surface area contributed by atoms with Gasteiger partial charge in [-0.05, 0) is 43.0 Å². The lowest BCUT2D eigenvalue weighted by Crippen LogP contribution is -2.36. The molecule has 1 aliphatic carbocycles. The third kappa shape index (κ3) is 3.25. The van der Waals surface area contributed by atoms with E-state index in [0.717, 1.165) is 5.56 Å². The first-order valence-electron chi connectivity index (χ1n) is 10.4. The lowest BCUT2D eigenvalue weighted by molar-refractivity contribution is -0.136. The highest BCUT2D eigenvalue weighted by Crippen LogP contribution is 2.47. The fourth-order valence-electron chi connectivity index (χ4n) is 4.84. The number of ketones is 1. The molecule has 5 rings (SSSR count). The molecule has 0 saturated carbocycles. The number of methoxy groups -OCH3 is 1. The zero-order chi connectivity index (χ0) is 22.4. The van der Waals surface area contributed by atoms with Crippen LogP contribution in [0.25, 0.3) is 0 Å². The van der Waals surface area contributed by atoms with Gasteiger partial charge in [-0.25, -0.2) is 9.18 Å². The van der Waals surface area contributed by atoms with Crippen molar-refractivity contribution in [3.05, 3.63) is 81.9 Å². The summed E-state index contributed by atoms with van der Waals surface area (Å²) >= 11 is 0. The van der Waals surface area contributed by atoms with Crippen molar-refractivity contribution in [1.29, 1.82) is 0 Å². The van der Waals surface area contributed by atoms with Gasteiger partial charge in [-0.3, -0.25) is 4.79 Å². The Hall–Kier alpha value is -3.61. The van der Waals surface area contributed by atoms with Crippen molar-refractivity contribution in [2.24, 2.45) is 0 Å². The second-order valence-electron chi connectivity index (χ2n) is 8.14. The summed E-state index contributed by atoms with van der Waals surface area (Å²) in [5, 5.41) is 3.24. The van der Waals surface area contributed by atoms with E-state index in [-0.39, 0.29) is 36.1 Å². The summed E-state index contributed by atoms with van der Waals surface area (Å²) in [6, 6.07) is 11.9. The lowest BCUT2D eigenvalue weighted by Gasteiger charge is -2.36. The number of hydrogen-bond acceptors (Lipinski definition) is 6. The Morgan fingerprint density at radius 3 is 2.69 bits per heavy atom. The van der Waals surface area contributed by atoms with E-state index in [2.05, 4.69) is 5.32 Å². The van der Waals surface area contributed by atoms with Gasteiger partial charge in [0, 0.05) is 29.0 Å². The molecule has 0 amide bonds. The van der Waals surface area contributed by atoms with Crippen molar-refractivity contribution in [3.8, 4) is 11.5 Å². The minimum atomic E-state index is -0.815. The van der Waals surface area contributed by atoms with Crippen LogP contribution in [-0.2, 0) is 14.3 Å². The number of allylic oxidation sites excluding steroid dienone is 3. The van der Waals surface area contributed by atoms with E-state index in [1.807, 2.05) is 18.2 Å². The summed E-state index contributed by atoms with van der Waals surface area (Å²) in [5.74, 6) is -0.704. The quantitative estimate of drug-likeness (QED) is 0.733. The highest BCUT2D eigenvalue weighted by atomic mass is 19.1. The minimum Gasteiger partial charge on any atom is -0.466 e. The van der Waals surface area contributed by atoms with Crippen molar-refractivity contribution < 1.29 is 28.2 Å². The number of rotatable bonds is 3. The van der Waals surface area contributed by atoms with Crippen LogP contribution in [0.4, 0.5) is 4.39 Å². The second-order valence-corrected chi connectivity index (χ2v) is 8.14. The Bertz CT molecular complexity index is 1200. The van der Waals surface area contributed by atoms with Crippen molar-refractivity contribution in [3.63, 3.8) is 0 Å². The number of esters is 1. The monoisotopic (exact) mass is 435 g/mol. The summed E-state index contributed by atoms with van der Waals surface area (Å²) in [7, 11) is 1.28. The van der Waals surface area contributed by atoms with Gasteiger partial charge < -0.3 is 19.5 Å². The third-order valence-corrected chi connectivity index (χ3v) is 6.32. The molecule has 2 heterocycles. The standard InChI is InChI=1S/C25H22FNO5/c1-13-22(25(29)30-2)23(16-5-3-4-6-17(16)26)24-18(27-13)9-15(10-19(24)28)14-7-8-20-21(11-14)32-12-31-20/h3-8,11,15,23,27H,9-10,12H2,1-2H3/t15-,23+/m0/s1. The van der Waals surface area contributed by atoms with Crippen molar-refractivity contribution in [2.45, 2.75) is 31.6 Å². The van der Waals surface area contributed by atoms with Gasteiger partial charge in [-0.2, -0.15) is 0 Å². The number of halogens is 1. The topological polar surface area (TPSA) is 73.9 Å². The van der Waals surface area contributed by atoms with E-state index in [4.69, 9.17) is 14.2 Å². The Morgan fingerprint density at radius 2 is 1.91 bits per heavy atom. The summed E-state index contributed by atoms with van der Waals surface area (Å²) in [5.41, 5.74) is 3.21. The van der Waals surface area contributed by atoms with Gasteiger partial charge >= 0.3 is 5.97 Å². The highest BCUT2D eigenvalue weighted by molar-refractivity contribution is 6.04. The van der Waals surface area contributed by atoms with Crippen LogP contribution in [-0.4, -0.2) is 25.7 Å². The first kappa shape index (κ1) is 20.3. The maximum absolute atomic E-state index is 14.8. The van der Waals surface area contributed by atoms with Crippen molar-refractivity contribution in [2.75, 3.05) is 13.9 Å². The predicted octanol–water partition coefficient (Wildman–Crippen LogP) is 4.09. The van der Waals surface area contributed by atoms with E-state index in [0.29, 0.717) is 34.9 Å².